The molecule has 0 saturated carbocycles. The highest BCUT2D eigenvalue weighted by atomic mass is 35.5. The molecule has 5 heteroatoms. The molecular weight excluding hydrogens is 358 g/mol. The van der Waals surface area contributed by atoms with Gasteiger partial charge in [0.05, 0.1) is 6.54 Å². The summed E-state index contributed by atoms with van der Waals surface area (Å²) >= 11 is 6.24. The van der Waals surface area contributed by atoms with E-state index in [9.17, 15) is 0 Å². The number of hydrogen-bond donors (Lipinski definition) is 2. The molecule has 3 N–H and O–H groups in total. The Labute approximate surface area is 165 Å². The lowest BCUT2D eigenvalue weighted by Crippen LogP contribution is -2.38. The minimum atomic E-state index is -0.0760. The fourth-order valence-corrected chi connectivity index (χ4v) is 4.38. The molecule has 4 nitrogen and oxygen atoms in total. The quantitative estimate of drug-likeness (QED) is 0.611. The fourth-order valence-electron chi connectivity index (χ4n) is 4.19. The van der Waals surface area contributed by atoms with Crippen LogP contribution in [-0.4, -0.2) is 25.7 Å². The molecule has 4 rings (SSSR count). The van der Waals surface area contributed by atoms with Crippen LogP contribution in [0, 0.1) is 0 Å². The van der Waals surface area contributed by atoms with E-state index in [1.54, 1.807) is 0 Å². The number of ether oxygens (including phenoxy) is 1. The number of nitrogens with two attached hydrogens (primary N) is 1. The molecule has 1 heterocycles. The predicted octanol–water partition coefficient (Wildman–Crippen LogP) is 4.30. The fraction of sp³-hybridized carbons (Fsp3) is 0.409. The molecule has 2 aromatic rings. The second kappa shape index (κ2) is 7.91. The van der Waals surface area contributed by atoms with Crippen molar-refractivity contribution in [3.05, 3.63) is 64.2 Å². The maximum atomic E-state index is 6.24. The maximum absolute atomic E-state index is 6.24. The second-order valence-corrected chi connectivity index (χ2v) is 8.00. The molecule has 1 fully saturated rings. The summed E-state index contributed by atoms with van der Waals surface area (Å²) in [6.07, 6.45) is 5.42. The van der Waals surface area contributed by atoms with Gasteiger partial charge in [0.1, 0.15) is 0 Å². The largest absolute Gasteiger partial charge is 0.381 e. The Hall–Kier alpha value is -2.04. The minimum Gasteiger partial charge on any atom is -0.381 e. The first-order chi connectivity index (χ1) is 13.1. The molecule has 1 aliphatic carbocycles. The van der Waals surface area contributed by atoms with E-state index in [0.717, 1.165) is 43.2 Å². The molecule has 0 bridgehead atoms. The first kappa shape index (κ1) is 18.3. The SMILES string of the molecule is NC(=NCC1(c2cccc(Cl)c2)CCOCC1)Nc1ccc2c(c1)CCC2. The van der Waals surface area contributed by atoms with Crippen molar-refractivity contribution in [3.8, 4) is 0 Å². The van der Waals surface area contributed by atoms with Gasteiger partial charge in [-0.15, -0.1) is 0 Å². The number of nitrogens with zero attached hydrogens (tertiary/aromatic N) is 1. The van der Waals surface area contributed by atoms with Gasteiger partial charge in [0, 0.05) is 29.3 Å². The Balaban J connectivity index is 1.51. The summed E-state index contributed by atoms with van der Waals surface area (Å²) in [6.45, 7) is 2.10. The highest BCUT2D eigenvalue weighted by Crippen LogP contribution is 2.36. The molecule has 0 aromatic heterocycles. The minimum absolute atomic E-state index is 0.0760. The number of guanidine groups is 1. The molecule has 0 atom stereocenters. The molecule has 2 aliphatic rings. The summed E-state index contributed by atoms with van der Waals surface area (Å²) in [6, 6.07) is 14.6. The Kier molecular flexibility index (Phi) is 5.37. The number of hydrogen-bond acceptors (Lipinski definition) is 2. The Morgan fingerprint density at radius 3 is 2.74 bits per heavy atom. The normalized spacial score (nSPS) is 18.9. The topological polar surface area (TPSA) is 59.6 Å². The zero-order valence-corrected chi connectivity index (χ0v) is 16.3. The number of aryl methyl sites for hydroxylation is 2. The van der Waals surface area contributed by atoms with E-state index in [1.165, 1.54) is 29.5 Å². The van der Waals surface area contributed by atoms with Crippen LogP contribution in [0.3, 0.4) is 0 Å². The zero-order valence-electron chi connectivity index (χ0n) is 15.5. The average molecular weight is 384 g/mol. The van der Waals surface area contributed by atoms with Gasteiger partial charge in [-0.25, -0.2) is 0 Å². The number of aliphatic imine (C=N–C) groups is 1. The highest BCUT2D eigenvalue weighted by molar-refractivity contribution is 6.30. The molecule has 27 heavy (non-hydrogen) atoms. The van der Waals surface area contributed by atoms with Crippen LogP contribution < -0.4 is 11.1 Å². The summed E-state index contributed by atoms with van der Waals surface area (Å²) in [7, 11) is 0. The van der Waals surface area contributed by atoms with Gasteiger partial charge in [-0.1, -0.05) is 29.8 Å². The lowest BCUT2D eigenvalue weighted by Gasteiger charge is -2.36. The van der Waals surface area contributed by atoms with Gasteiger partial charge in [-0.3, -0.25) is 4.99 Å². The van der Waals surface area contributed by atoms with Crippen molar-refractivity contribution in [1.82, 2.24) is 0 Å². The van der Waals surface area contributed by atoms with Crippen molar-refractivity contribution in [2.75, 3.05) is 25.1 Å². The Morgan fingerprint density at radius 2 is 1.93 bits per heavy atom. The van der Waals surface area contributed by atoms with E-state index < -0.39 is 0 Å². The summed E-state index contributed by atoms with van der Waals surface area (Å²) in [5.41, 5.74) is 11.3. The van der Waals surface area contributed by atoms with Crippen molar-refractivity contribution >= 4 is 23.2 Å². The lowest BCUT2D eigenvalue weighted by atomic mass is 9.74. The number of halogens is 1. The van der Waals surface area contributed by atoms with Crippen LogP contribution in [0.15, 0.2) is 47.5 Å². The Bertz CT molecular complexity index is 843. The van der Waals surface area contributed by atoms with Crippen LogP contribution in [0.4, 0.5) is 5.69 Å². The van der Waals surface area contributed by atoms with Crippen LogP contribution in [-0.2, 0) is 23.0 Å². The molecule has 2 aromatic carbocycles. The van der Waals surface area contributed by atoms with Crippen LogP contribution >= 0.6 is 11.6 Å². The van der Waals surface area contributed by atoms with Crippen LogP contribution in [0.1, 0.15) is 36.0 Å². The van der Waals surface area contributed by atoms with Crippen molar-refractivity contribution in [1.29, 1.82) is 0 Å². The van der Waals surface area contributed by atoms with Crippen LogP contribution in [0.5, 0.6) is 0 Å². The lowest BCUT2D eigenvalue weighted by molar-refractivity contribution is 0.0531. The van der Waals surface area contributed by atoms with Gasteiger partial charge in [-0.2, -0.15) is 0 Å². The van der Waals surface area contributed by atoms with E-state index in [1.807, 2.05) is 18.2 Å². The average Bonchev–Trinajstić information content (AvgIpc) is 3.15. The van der Waals surface area contributed by atoms with E-state index in [4.69, 9.17) is 27.1 Å². The summed E-state index contributed by atoms with van der Waals surface area (Å²) in [5.74, 6) is 0.459. The zero-order chi connectivity index (χ0) is 18.7. The van der Waals surface area contributed by atoms with Gasteiger partial charge in [0.2, 0.25) is 0 Å². The van der Waals surface area contributed by atoms with Crippen molar-refractivity contribution in [3.63, 3.8) is 0 Å². The van der Waals surface area contributed by atoms with Gasteiger partial charge in [-0.05, 0) is 73.1 Å². The first-order valence-electron chi connectivity index (χ1n) is 9.67. The number of fused-ring (bicyclic) bond motifs is 1. The van der Waals surface area contributed by atoms with Crippen molar-refractivity contribution in [2.45, 2.75) is 37.5 Å². The van der Waals surface area contributed by atoms with E-state index >= 15 is 0 Å². The molecule has 0 amide bonds. The predicted molar refractivity (Wildman–Crippen MR) is 112 cm³/mol. The molecular formula is C22H26ClN3O. The van der Waals surface area contributed by atoms with Gasteiger partial charge >= 0.3 is 0 Å². The van der Waals surface area contributed by atoms with Gasteiger partial charge in [0.15, 0.2) is 5.96 Å². The molecule has 142 valence electrons. The molecule has 0 unspecified atom stereocenters. The number of rotatable bonds is 4. The number of benzene rings is 2. The summed E-state index contributed by atoms with van der Waals surface area (Å²) in [5, 5.41) is 4.02. The van der Waals surface area contributed by atoms with Crippen LogP contribution in [0.2, 0.25) is 5.02 Å². The molecule has 0 radical (unpaired) electrons. The highest BCUT2D eigenvalue weighted by Gasteiger charge is 2.34. The number of nitrogens with one attached hydrogen (secondary N) is 1. The van der Waals surface area contributed by atoms with Crippen molar-refractivity contribution < 1.29 is 4.74 Å². The Morgan fingerprint density at radius 1 is 1.11 bits per heavy atom. The summed E-state index contributed by atoms with van der Waals surface area (Å²) in [4.78, 5) is 4.70. The van der Waals surface area contributed by atoms with Gasteiger partial charge < -0.3 is 15.8 Å². The van der Waals surface area contributed by atoms with Gasteiger partial charge in [0.25, 0.3) is 0 Å². The van der Waals surface area contributed by atoms with E-state index in [0.29, 0.717) is 12.5 Å². The summed E-state index contributed by atoms with van der Waals surface area (Å²) < 4.78 is 5.59. The molecule has 1 saturated heterocycles. The first-order valence-corrected chi connectivity index (χ1v) is 10.0. The third kappa shape index (κ3) is 4.12. The number of anilines is 1. The maximum Gasteiger partial charge on any atom is 0.193 e. The molecule has 1 aliphatic heterocycles. The van der Waals surface area contributed by atoms with E-state index in [-0.39, 0.29) is 5.41 Å². The van der Waals surface area contributed by atoms with Crippen molar-refractivity contribution in [2.24, 2.45) is 10.7 Å². The molecule has 0 spiro atoms. The van der Waals surface area contributed by atoms with Crippen LogP contribution in [0.25, 0.3) is 0 Å². The second-order valence-electron chi connectivity index (χ2n) is 7.57. The van der Waals surface area contributed by atoms with E-state index in [2.05, 4.69) is 29.6 Å². The third-order valence-electron chi connectivity index (χ3n) is 5.81. The smallest absolute Gasteiger partial charge is 0.193 e. The standard InChI is InChI=1S/C22H26ClN3O/c23-19-6-2-5-18(14-19)22(9-11-27-12-10-22)15-25-21(24)26-20-8-7-16-3-1-4-17(16)13-20/h2,5-8,13-14H,1,3-4,9-12,15H2,(H3,24,25,26). The monoisotopic (exact) mass is 383 g/mol. The third-order valence-corrected chi connectivity index (χ3v) is 6.04.